The van der Waals surface area contributed by atoms with Crippen LogP contribution in [0.3, 0.4) is 0 Å². The van der Waals surface area contributed by atoms with E-state index in [1.807, 2.05) is 0 Å². The standard InChI is InChI=1S/C17H23F3N2O.ClH/c1-23-16-11-13(17(18,19)20)4-5-14(16)15(10-12-2-3-12)22-8-6-21-7-9-22;/h4-5,11-12,15,21H,2-3,6-10H2,1H3;1H/t15-;/m0./s1. The van der Waals surface area contributed by atoms with Crippen molar-refractivity contribution in [2.75, 3.05) is 33.3 Å². The number of benzene rings is 1. The highest BCUT2D eigenvalue weighted by atomic mass is 35.5. The van der Waals surface area contributed by atoms with Crippen LogP contribution in [0.2, 0.25) is 0 Å². The molecule has 136 valence electrons. The molecule has 1 saturated carbocycles. The van der Waals surface area contributed by atoms with Gasteiger partial charge < -0.3 is 10.1 Å². The highest BCUT2D eigenvalue weighted by molar-refractivity contribution is 5.85. The zero-order valence-electron chi connectivity index (χ0n) is 13.7. The van der Waals surface area contributed by atoms with Crippen molar-refractivity contribution < 1.29 is 17.9 Å². The Balaban J connectivity index is 0.00000208. The van der Waals surface area contributed by atoms with Crippen LogP contribution in [0.1, 0.15) is 36.4 Å². The van der Waals surface area contributed by atoms with Crippen LogP contribution in [0, 0.1) is 5.92 Å². The molecule has 1 aliphatic heterocycles. The molecule has 1 aromatic carbocycles. The smallest absolute Gasteiger partial charge is 0.416 e. The molecule has 0 spiro atoms. The first-order chi connectivity index (χ1) is 11.0. The third-order valence-corrected chi connectivity index (χ3v) is 4.77. The SMILES string of the molecule is COc1cc(C(F)(F)F)ccc1[C@H](CC1CC1)N1CCNCC1.Cl. The van der Waals surface area contributed by atoms with Crippen molar-refractivity contribution in [2.24, 2.45) is 5.92 Å². The Morgan fingerprint density at radius 1 is 1.25 bits per heavy atom. The van der Waals surface area contributed by atoms with E-state index in [-0.39, 0.29) is 18.4 Å². The van der Waals surface area contributed by atoms with Crippen LogP contribution >= 0.6 is 12.4 Å². The molecule has 3 rings (SSSR count). The first-order valence-electron chi connectivity index (χ1n) is 8.19. The monoisotopic (exact) mass is 364 g/mol. The van der Waals surface area contributed by atoms with Crippen LogP contribution in [-0.2, 0) is 6.18 Å². The minimum absolute atomic E-state index is 0. The lowest BCUT2D eigenvalue weighted by molar-refractivity contribution is -0.137. The number of nitrogens with zero attached hydrogens (tertiary/aromatic N) is 1. The first-order valence-corrected chi connectivity index (χ1v) is 8.19. The van der Waals surface area contributed by atoms with Gasteiger partial charge in [-0.1, -0.05) is 18.9 Å². The molecule has 0 bridgehead atoms. The van der Waals surface area contributed by atoms with Gasteiger partial charge in [0.1, 0.15) is 5.75 Å². The van der Waals surface area contributed by atoms with Gasteiger partial charge in [-0.15, -0.1) is 12.4 Å². The van der Waals surface area contributed by atoms with Gasteiger partial charge in [-0.3, -0.25) is 4.90 Å². The predicted molar refractivity (Wildman–Crippen MR) is 89.8 cm³/mol. The van der Waals surface area contributed by atoms with Crippen molar-refractivity contribution in [1.29, 1.82) is 0 Å². The zero-order valence-corrected chi connectivity index (χ0v) is 14.6. The summed E-state index contributed by atoms with van der Waals surface area (Å²) in [6, 6.07) is 4.07. The number of methoxy groups -OCH3 is 1. The fraction of sp³-hybridized carbons (Fsp3) is 0.647. The molecule has 3 nitrogen and oxygen atoms in total. The average Bonchev–Trinajstić information content (AvgIpc) is 3.36. The number of halogens is 4. The predicted octanol–water partition coefficient (Wildman–Crippen LogP) is 3.88. The number of piperazine rings is 1. The van der Waals surface area contributed by atoms with Gasteiger partial charge in [-0.25, -0.2) is 0 Å². The second kappa shape index (κ2) is 7.93. The van der Waals surface area contributed by atoms with E-state index in [0.717, 1.165) is 44.2 Å². The van der Waals surface area contributed by atoms with Gasteiger partial charge >= 0.3 is 6.18 Å². The largest absolute Gasteiger partial charge is 0.496 e. The van der Waals surface area contributed by atoms with Crippen molar-refractivity contribution >= 4 is 12.4 Å². The molecular weight excluding hydrogens is 341 g/mol. The third kappa shape index (κ3) is 4.55. The highest BCUT2D eigenvalue weighted by Crippen LogP contribution is 2.43. The fourth-order valence-corrected chi connectivity index (χ4v) is 3.30. The van der Waals surface area contributed by atoms with Crippen LogP contribution in [0.25, 0.3) is 0 Å². The maximum absolute atomic E-state index is 12.9. The maximum Gasteiger partial charge on any atom is 0.416 e. The van der Waals surface area contributed by atoms with E-state index in [1.165, 1.54) is 26.0 Å². The quantitative estimate of drug-likeness (QED) is 0.858. The average molecular weight is 365 g/mol. The molecule has 1 N–H and O–H groups in total. The van der Waals surface area contributed by atoms with Crippen LogP contribution in [0.4, 0.5) is 13.2 Å². The number of hydrogen-bond donors (Lipinski definition) is 1. The van der Waals surface area contributed by atoms with Gasteiger partial charge in [0.05, 0.1) is 12.7 Å². The number of alkyl halides is 3. The summed E-state index contributed by atoms with van der Waals surface area (Å²) < 4.78 is 44.1. The van der Waals surface area contributed by atoms with Crippen molar-refractivity contribution in [3.63, 3.8) is 0 Å². The minimum atomic E-state index is -4.34. The lowest BCUT2D eigenvalue weighted by Crippen LogP contribution is -2.45. The van der Waals surface area contributed by atoms with Gasteiger partial charge in [0.15, 0.2) is 0 Å². The number of ether oxygens (including phenoxy) is 1. The number of rotatable bonds is 5. The van der Waals surface area contributed by atoms with Crippen molar-refractivity contribution in [2.45, 2.75) is 31.5 Å². The van der Waals surface area contributed by atoms with Crippen LogP contribution in [0.15, 0.2) is 18.2 Å². The Morgan fingerprint density at radius 2 is 1.92 bits per heavy atom. The summed E-state index contributed by atoms with van der Waals surface area (Å²) >= 11 is 0. The second-order valence-corrected chi connectivity index (χ2v) is 6.44. The summed E-state index contributed by atoms with van der Waals surface area (Å²) in [6.45, 7) is 3.68. The van der Waals surface area contributed by atoms with Gasteiger partial charge in [0.2, 0.25) is 0 Å². The van der Waals surface area contributed by atoms with Crippen LogP contribution in [-0.4, -0.2) is 38.2 Å². The Kier molecular flexibility index (Phi) is 6.39. The van der Waals surface area contributed by atoms with Crippen LogP contribution in [0.5, 0.6) is 5.75 Å². The molecule has 2 fully saturated rings. The van der Waals surface area contributed by atoms with Gasteiger partial charge in [0.25, 0.3) is 0 Å². The van der Waals surface area contributed by atoms with Crippen molar-refractivity contribution in [1.82, 2.24) is 10.2 Å². The maximum atomic E-state index is 12.9. The Labute approximate surface area is 147 Å². The molecule has 0 radical (unpaired) electrons. The third-order valence-electron chi connectivity index (χ3n) is 4.77. The Morgan fingerprint density at radius 3 is 2.46 bits per heavy atom. The Hall–Kier alpha value is -0.980. The van der Waals surface area contributed by atoms with E-state index in [1.54, 1.807) is 6.07 Å². The molecule has 0 amide bonds. The van der Waals surface area contributed by atoms with Crippen LogP contribution < -0.4 is 10.1 Å². The summed E-state index contributed by atoms with van der Waals surface area (Å²) in [6.07, 6.45) is -0.883. The molecule has 0 aromatic heterocycles. The lowest BCUT2D eigenvalue weighted by atomic mass is 9.96. The van der Waals surface area contributed by atoms with E-state index in [0.29, 0.717) is 11.7 Å². The van der Waals surface area contributed by atoms with Gasteiger partial charge in [-0.05, 0) is 24.5 Å². The number of hydrogen-bond acceptors (Lipinski definition) is 3. The fourth-order valence-electron chi connectivity index (χ4n) is 3.30. The summed E-state index contributed by atoms with van der Waals surface area (Å²) in [4.78, 5) is 2.37. The summed E-state index contributed by atoms with van der Waals surface area (Å²) in [5, 5.41) is 3.33. The number of nitrogens with one attached hydrogen (secondary N) is 1. The van der Waals surface area contributed by atoms with Crippen molar-refractivity contribution in [3.05, 3.63) is 29.3 Å². The van der Waals surface area contributed by atoms with Gasteiger partial charge in [-0.2, -0.15) is 13.2 Å². The molecule has 24 heavy (non-hydrogen) atoms. The van der Waals surface area contributed by atoms with E-state index in [2.05, 4.69) is 10.2 Å². The lowest BCUT2D eigenvalue weighted by Gasteiger charge is -2.36. The topological polar surface area (TPSA) is 24.5 Å². The zero-order chi connectivity index (χ0) is 16.4. The summed E-state index contributed by atoms with van der Waals surface area (Å²) in [7, 11) is 1.45. The Bertz CT molecular complexity index is 543. The molecule has 0 unspecified atom stereocenters. The molecule has 1 aliphatic carbocycles. The molecular formula is C17H24ClF3N2O. The van der Waals surface area contributed by atoms with Gasteiger partial charge in [0, 0.05) is 37.8 Å². The molecule has 1 atom stereocenters. The van der Waals surface area contributed by atoms with E-state index < -0.39 is 11.7 Å². The minimum Gasteiger partial charge on any atom is -0.496 e. The van der Waals surface area contributed by atoms with Crippen molar-refractivity contribution in [3.8, 4) is 5.75 Å². The van der Waals surface area contributed by atoms with E-state index in [4.69, 9.17) is 4.74 Å². The van der Waals surface area contributed by atoms with E-state index >= 15 is 0 Å². The first kappa shape index (κ1) is 19.3. The molecule has 1 aromatic rings. The molecule has 1 heterocycles. The molecule has 7 heteroatoms. The second-order valence-electron chi connectivity index (χ2n) is 6.44. The highest BCUT2D eigenvalue weighted by Gasteiger charge is 2.35. The van der Waals surface area contributed by atoms with E-state index in [9.17, 15) is 13.2 Å². The molecule has 2 aliphatic rings. The molecule has 1 saturated heterocycles. The summed E-state index contributed by atoms with van der Waals surface area (Å²) in [5.74, 6) is 1.05. The normalized spacial score (nSPS) is 20.3. The summed E-state index contributed by atoms with van der Waals surface area (Å²) in [5.41, 5.74) is 0.234.